The molecule has 1 heterocycles. The Hall–Kier alpha value is -2.44. The Kier molecular flexibility index (Phi) is 5.48. The molecule has 2 N–H and O–H groups in total. The van der Waals surface area contributed by atoms with E-state index in [0.29, 0.717) is 28.6 Å². The lowest BCUT2D eigenvalue weighted by molar-refractivity contribution is 0.0304. The summed E-state index contributed by atoms with van der Waals surface area (Å²) in [6.45, 7) is 3.61. The Bertz CT molecular complexity index is 817. The van der Waals surface area contributed by atoms with E-state index in [0.717, 1.165) is 11.1 Å². The monoisotopic (exact) mass is 374 g/mol. The van der Waals surface area contributed by atoms with Crippen LogP contribution < -0.4 is 18.9 Å². The normalized spacial score (nSPS) is 20.4. The van der Waals surface area contributed by atoms with Crippen LogP contribution in [0.15, 0.2) is 30.3 Å². The number of ether oxygens (including phenoxy) is 4. The van der Waals surface area contributed by atoms with Crippen molar-refractivity contribution in [3.63, 3.8) is 0 Å². The van der Waals surface area contributed by atoms with Gasteiger partial charge in [-0.1, -0.05) is 13.0 Å². The molecule has 1 aliphatic rings. The molecule has 0 saturated heterocycles. The average molecular weight is 374 g/mol. The summed E-state index contributed by atoms with van der Waals surface area (Å²) < 4.78 is 22.4. The van der Waals surface area contributed by atoms with Crippen LogP contribution in [0.1, 0.15) is 48.7 Å². The van der Waals surface area contributed by atoms with Gasteiger partial charge in [-0.25, -0.2) is 0 Å². The lowest BCUT2D eigenvalue weighted by Gasteiger charge is -2.18. The van der Waals surface area contributed by atoms with Crippen LogP contribution in [0.3, 0.4) is 0 Å². The van der Waals surface area contributed by atoms with Gasteiger partial charge < -0.3 is 29.2 Å². The van der Waals surface area contributed by atoms with Crippen molar-refractivity contribution in [2.45, 2.75) is 38.1 Å². The first-order chi connectivity index (χ1) is 12.9. The van der Waals surface area contributed by atoms with Crippen LogP contribution in [0.25, 0.3) is 0 Å². The first kappa shape index (κ1) is 19.3. The fourth-order valence-electron chi connectivity index (χ4n) is 3.49. The maximum atomic E-state index is 10.3. The topological polar surface area (TPSA) is 77.4 Å². The zero-order chi connectivity index (χ0) is 19.7. The second-order valence-corrected chi connectivity index (χ2v) is 6.77. The fourth-order valence-corrected chi connectivity index (χ4v) is 3.49. The maximum Gasteiger partial charge on any atom is 0.165 e. The van der Waals surface area contributed by atoms with Gasteiger partial charge in [-0.3, -0.25) is 0 Å². The van der Waals surface area contributed by atoms with Gasteiger partial charge in [0, 0.05) is 11.5 Å². The Morgan fingerprint density at radius 3 is 2.19 bits per heavy atom. The number of methoxy groups -OCH3 is 3. The first-order valence-corrected chi connectivity index (χ1v) is 8.87. The fraction of sp³-hybridized carbons (Fsp3) is 0.429. The minimum atomic E-state index is -0.989. The van der Waals surface area contributed by atoms with Gasteiger partial charge in [0.25, 0.3) is 0 Å². The minimum Gasteiger partial charge on any atom is -0.493 e. The zero-order valence-corrected chi connectivity index (χ0v) is 16.2. The van der Waals surface area contributed by atoms with E-state index in [4.69, 9.17) is 18.9 Å². The molecule has 0 bridgehead atoms. The number of rotatable bonds is 6. The van der Waals surface area contributed by atoms with Crippen LogP contribution in [-0.4, -0.2) is 37.6 Å². The lowest BCUT2D eigenvalue weighted by atomic mass is 9.90. The number of benzene rings is 2. The van der Waals surface area contributed by atoms with Gasteiger partial charge in [0.2, 0.25) is 0 Å². The lowest BCUT2D eigenvalue weighted by Crippen LogP contribution is -2.14. The van der Waals surface area contributed by atoms with Gasteiger partial charge >= 0.3 is 0 Å². The number of aliphatic hydroxyl groups is 2. The number of hydrogen-bond acceptors (Lipinski definition) is 6. The summed E-state index contributed by atoms with van der Waals surface area (Å²) >= 11 is 0. The highest BCUT2D eigenvalue weighted by Crippen LogP contribution is 2.51. The van der Waals surface area contributed by atoms with Crippen LogP contribution >= 0.6 is 0 Å². The van der Waals surface area contributed by atoms with Crippen molar-refractivity contribution in [2.75, 3.05) is 21.3 Å². The minimum absolute atomic E-state index is 0.0214. The molecule has 6 nitrogen and oxygen atoms in total. The molecule has 146 valence electrons. The van der Waals surface area contributed by atoms with Crippen LogP contribution in [0.4, 0.5) is 0 Å². The molecule has 2 aromatic rings. The molecule has 4 unspecified atom stereocenters. The molecule has 0 saturated carbocycles. The van der Waals surface area contributed by atoms with E-state index in [2.05, 4.69) is 6.92 Å². The van der Waals surface area contributed by atoms with Crippen LogP contribution in [-0.2, 0) is 0 Å². The Balaban J connectivity index is 2.01. The van der Waals surface area contributed by atoms with E-state index in [1.54, 1.807) is 34.3 Å². The van der Waals surface area contributed by atoms with Crippen molar-refractivity contribution in [1.29, 1.82) is 0 Å². The molecule has 27 heavy (non-hydrogen) atoms. The summed E-state index contributed by atoms with van der Waals surface area (Å²) in [6.07, 6.45) is -2.10. The Labute approximate surface area is 159 Å². The second kappa shape index (κ2) is 7.66. The first-order valence-electron chi connectivity index (χ1n) is 8.87. The molecule has 3 rings (SSSR count). The smallest absolute Gasteiger partial charge is 0.165 e. The quantitative estimate of drug-likeness (QED) is 0.807. The zero-order valence-electron chi connectivity index (χ0n) is 16.2. The predicted octanol–water partition coefficient (Wildman–Crippen LogP) is 3.36. The maximum absolute atomic E-state index is 10.3. The van der Waals surface area contributed by atoms with Gasteiger partial charge in [-0.05, 0) is 42.3 Å². The molecule has 4 atom stereocenters. The molecule has 0 radical (unpaired) electrons. The Morgan fingerprint density at radius 2 is 1.59 bits per heavy atom. The Morgan fingerprint density at radius 1 is 0.926 bits per heavy atom. The van der Waals surface area contributed by atoms with E-state index in [9.17, 15) is 10.2 Å². The number of hydrogen-bond donors (Lipinski definition) is 2. The van der Waals surface area contributed by atoms with E-state index < -0.39 is 12.2 Å². The molecule has 6 heteroatoms. The molecule has 2 aromatic carbocycles. The summed E-state index contributed by atoms with van der Waals surface area (Å²) in [6, 6.07) is 9.30. The van der Waals surface area contributed by atoms with Crippen molar-refractivity contribution in [2.24, 2.45) is 0 Å². The molecule has 0 aromatic heterocycles. The molecular formula is C21H26O6. The summed E-state index contributed by atoms with van der Waals surface area (Å²) in [7, 11) is 4.76. The molecule has 0 aliphatic carbocycles. The van der Waals surface area contributed by atoms with Gasteiger partial charge in [0.15, 0.2) is 23.0 Å². The average Bonchev–Trinajstić information content (AvgIpc) is 3.02. The number of aliphatic hydroxyl groups excluding tert-OH is 2. The largest absolute Gasteiger partial charge is 0.493 e. The molecule has 1 aliphatic heterocycles. The summed E-state index contributed by atoms with van der Waals surface area (Å²) in [5, 5.41) is 20.0. The van der Waals surface area contributed by atoms with Crippen molar-refractivity contribution >= 4 is 0 Å². The third-order valence-corrected chi connectivity index (χ3v) is 5.05. The van der Waals surface area contributed by atoms with Gasteiger partial charge in [-0.2, -0.15) is 0 Å². The summed E-state index contributed by atoms with van der Waals surface area (Å²) in [5.74, 6) is 2.51. The second-order valence-electron chi connectivity index (χ2n) is 6.77. The molecular weight excluding hydrogens is 348 g/mol. The van der Waals surface area contributed by atoms with Gasteiger partial charge in [0.1, 0.15) is 12.2 Å². The predicted molar refractivity (Wildman–Crippen MR) is 101 cm³/mol. The van der Waals surface area contributed by atoms with E-state index in [1.807, 2.05) is 24.3 Å². The summed E-state index contributed by atoms with van der Waals surface area (Å²) in [4.78, 5) is 0. The standard InChI is InChI=1S/C21H26O6/c1-11-15-8-14(19(23)12(2)22)10-18(26-5)21(15)27-20(11)13-6-7-16(24-3)17(9-13)25-4/h6-12,19-20,22-23H,1-5H3. The van der Waals surface area contributed by atoms with Crippen LogP contribution in [0, 0.1) is 0 Å². The van der Waals surface area contributed by atoms with E-state index in [1.165, 1.54) is 0 Å². The van der Waals surface area contributed by atoms with Crippen molar-refractivity contribution < 1.29 is 29.2 Å². The van der Waals surface area contributed by atoms with E-state index in [-0.39, 0.29) is 12.0 Å². The highest BCUT2D eigenvalue weighted by Gasteiger charge is 2.36. The van der Waals surface area contributed by atoms with E-state index >= 15 is 0 Å². The highest BCUT2D eigenvalue weighted by molar-refractivity contribution is 5.56. The van der Waals surface area contributed by atoms with Crippen molar-refractivity contribution in [3.8, 4) is 23.0 Å². The number of fused-ring (bicyclic) bond motifs is 1. The van der Waals surface area contributed by atoms with Crippen molar-refractivity contribution in [3.05, 3.63) is 47.0 Å². The summed E-state index contributed by atoms with van der Waals surface area (Å²) in [5.41, 5.74) is 2.49. The SMILES string of the molecule is COc1ccc(C2Oc3c(OC)cc(C(O)C(C)O)cc3C2C)cc1OC. The third kappa shape index (κ3) is 3.42. The highest BCUT2D eigenvalue weighted by atomic mass is 16.5. The van der Waals surface area contributed by atoms with Crippen molar-refractivity contribution in [1.82, 2.24) is 0 Å². The third-order valence-electron chi connectivity index (χ3n) is 5.05. The molecule has 0 spiro atoms. The van der Waals surface area contributed by atoms with Gasteiger partial charge in [0.05, 0.1) is 27.4 Å². The molecule has 0 amide bonds. The van der Waals surface area contributed by atoms with Gasteiger partial charge in [-0.15, -0.1) is 0 Å². The molecule has 0 fully saturated rings. The van der Waals surface area contributed by atoms with Crippen LogP contribution in [0.2, 0.25) is 0 Å². The van der Waals surface area contributed by atoms with Crippen LogP contribution in [0.5, 0.6) is 23.0 Å².